The Labute approximate surface area is 170 Å². The zero-order valence-corrected chi connectivity index (χ0v) is 16.7. The summed E-state index contributed by atoms with van der Waals surface area (Å²) in [4.78, 5) is 18.9. The van der Waals surface area contributed by atoms with Crippen LogP contribution in [0.1, 0.15) is 24.2 Å². The third kappa shape index (κ3) is 5.02. The van der Waals surface area contributed by atoms with Crippen molar-refractivity contribution in [3.8, 4) is 0 Å². The molecule has 0 bridgehead atoms. The van der Waals surface area contributed by atoms with Gasteiger partial charge >= 0.3 is 0 Å². The monoisotopic (exact) mass is 394 g/mol. The number of nitrogens with one attached hydrogen (secondary N) is 2. The zero-order chi connectivity index (χ0) is 19.9. The van der Waals surface area contributed by atoms with Gasteiger partial charge in [0.2, 0.25) is 0 Å². The predicted octanol–water partition coefficient (Wildman–Crippen LogP) is 5.58. The number of benzene rings is 2. The smallest absolute Gasteiger partial charge is 0.257 e. The van der Waals surface area contributed by atoms with Crippen LogP contribution in [0.3, 0.4) is 0 Å². The molecule has 3 aromatic rings. The third-order valence-corrected chi connectivity index (χ3v) is 4.60. The average Bonchev–Trinajstić information content (AvgIpc) is 2.70. The predicted molar refractivity (Wildman–Crippen MR) is 117 cm³/mol. The molecule has 5 nitrogen and oxygen atoms in total. The SMILES string of the molecule is CCN(CC)c1ccc(Nc2cncc(C(=O)Nc3cccc(Cl)c3)c2)cc1. The van der Waals surface area contributed by atoms with E-state index >= 15 is 0 Å². The van der Waals surface area contributed by atoms with Gasteiger partial charge in [0, 0.05) is 41.4 Å². The minimum Gasteiger partial charge on any atom is -0.372 e. The van der Waals surface area contributed by atoms with Gasteiger partial charge in [-0.3, -0.25) is 9.78 Å². The molecule has 0 fully saturated rings. The summed E-state index contributed by atoms with van der Waals surface area (Å²) in [6, 6.07) is 17.0. The van der Waals surface area contributed by atoms with Crippen molar-refractivity contribution in [2.24, 2.45) is 0 Å². The largest absolute Gasteiger partial charge is 0.372 e. The summed E-state index contributed by atoms with van der Waals surface area (Å²) in [6.07, 6.45) is 3.23. The van der Waals surface area contributed by atoms with Crippen molar-refractivity contribution in [1.29, 1.82) is 0 Å². The first-order valence-electron chi connectivity index (χ1n) is 9.23. The normalized spacial score (nSPS) is 10.4. The number of carbonyl (C=O) groups is 1. The van der Waals surface area contributed by atoms with E-state index in [0.717, 1.165) is 24.5 Å². The van der Waals surface area contributed by atoms with Crippen molar-refractivity contribution in [2.45, 2.75) is 13.8 Å². The van der Waals surface area contributed by atoms with Crippen LogP contribution < -0.4 is 15.5 Å². The van der Waals surface area contributed by atoms with E-state index in [1.54, 1.807) is 36.5 Å². The van der Waals surface area contributed by atoms with Crippen LogP contribution >= 0.6 is 11.6 Å². The number of amides is 1. The number of hydrogen-bond donors (Lipinski definition) is 2. The van der Waals surface area contributed by atoms with Gasteiger partial charge in [-0.2, -0.15) is 0 Å². The lowest BCUT2D eigenvalue weighted by Crippen LogP contribution is -2.21. The fourth-order valence-corrected chi connectivity index (χ4v) is 3.10. The second-order valence-electron chi connectivity index (χ2n) is 6.27. The number of hydrogen-bond acceptors (Lipinski definition) is 4. The van der Waals surface area contributed by atoms with E-state index in [-0.39, 0.29) is 5.91 Å². The maximum absolute atomic E-state index is 12.5. The van der Waals surface area contributed by atoms with Crippen molar-refractivity contribution in [2.75, 3.05) is 28.6 Å². The molecule has 2 N–H and O–H groups in total. The van der Waals surface area contributed by atoms with Crippen molar-refractivity contribution < 1.29 is 4.79 Å². The summed E-state index contributed by atoms with van der Waals surface area (Å²) in [5.41, 5.74) is 3.97. The molecule has 0 saturated carbocycles. The maximum atomic E-state index is 12.5. The lowest BCUT2D eigenvalue weighted by atomic mass is 10.2. The highest BCUT2D eigenvalue weighted by atomic mass is 35.5. The number of carbonyl (C=O) groups excluding carboxylic acids is 1. The van der Waals surface area contributed by atoms with Gasteiger partial charge < -0.3 is 15.5 Å². The number of halogens is 1. The van der Waals surface area contributed by atoms with Gasteiger partial charge in [0.1, 0.15) is 0 Å². The molecule has 0 unspecified atom stereocenters. The molecule has 6 heteroatoms. The van der Waals surface area contributed by atoms with Gasteiger partial charge in [0.05, 0.1) is 17.4 Å². The summed E-state index contributed by atoms with van der Waals surface area (Å²) in [5, 5.41) is 6.69. The topological polar surface area (TPSA) is 57.3 Å². The van der Waals surface area contributed by atoms with Gasteiger partial charge in [-0.25, -0.2) is 0 Å². The van der Waals surface area contributed by atoms with Crippen LogP contribution in [0.5, 0.6) is 0 Å². The number of nitrogens with zero attached hydrogens (tertiary/aromatic N) is 2. The summed E-state index contributed by atoms with van der Waals surface area (Å²) in [7, 11) is 0. The van der Waals surface area contributed by atoms with Crippen LogP contribution in [0.25, 0.3) is 0 Å². The van der Waals surface area contributed by atoms with Gasteiger partial charge in [-0.1, -0.05) is 17.7 Å². The first-order valence-corrected chi connectivity index (χ1v) is 9.61. The molecule has 28 heavy (non-hydrogen) atoms. The summed E-state index contributed by atoms with van der Waals surface area (Å²) in [6.45, 7) is 6.22. The molecule has 0 aliphatic carbocycles. The van der Waals surface area contributed by atoms with E-state index in [1.165, 1.54) is 11.9 Å². The van der Waals surface area contributed by atoms with Crippen LogP contribution in [0.4, 0.5) is 22.7 Å². The standard InChI is InChI=1S/C22H23ClN4O/c1-3-27(4-2)21-10-8-18(9-11-21)25-20-12-16(14-24-15-20)22(28)26-19-7-5-6-17(23)13-19/h5-15,25H,3-4H2,1-2H3,(H,26,28). The Balaban J connectivity index is 1.70. The van der Waals surface area contributed by atoms with Crippen LogP contribution in [-0.2, 0) is 0 Å². The first kappa shape index (κ1) is 19.7. The fourth-order valence-electron chi connectivity index (χ4n) is 2.91. The van der Waals surface area contributed by atoms with Crippen LogP contribution in [0, 0.1) is 0 Å². The Bertz CT molecular complexity index is 939. The highest BCUT2D eigenvalue weighted by Crippen LogP contribution is 2.22. The fraction of sp³-hybridized carbons (Fsp3) is 0.182. The Hall–Kier alpha value is -3.05. The Morgan fingerprint density at radius 3 is 2.39 bits per heavy atom. The number of anilines is 4. The van der Waals surface area contributed by atoms with E-state index in [1.807, 2.05) is 12.1 Å². The summed E-state index contributed by atoms with van der Waals surface area (Å²) in [5.74, 6) is -0.240. The second-order valence-corrected chi connectivity index (χ2v) is 6.71. The Morgan fingerprint density at radius 1 is 0.964 bits per heavy atom. The molecule has 0 spiro atoms. The van der Waals surface area contributed by atoms with Crippen molar-refractivity contribution in [1.82, 2.24) is 4.98 Å². The molecule has 2 aromatic carbocycles. The molecule has 1 heterocycles. The number of pyridine rings is 1. The molecule has 1 aromatic heterocycles. The molecular formula is C22H23ClN4O. The van der Waals surface area contributed by atoms with E-state index < -0.39 is 0 Å². The highest BCUT2D eigenvalue weighted by Gasteiger charge is 2.08. The minimum atomic E-state index is -0.240. The highest BCUT2D eigenvalue weighted by molar-refractivity contribution is 6.31. The maximum Gasteiger partial charge on any atom is 0.257 e. The molecule has 0 radical (unpaired) electrons. The van der Waals surface area contributed by atoms with E-state index in [9.17, 15) is 4.79 Å². The van der Waals surface area contributed by atoms with Crippen molar-refractivity contribution in [3.05, 3.63) is 77.6 Å². The first-order chi connectivity index (χ1) is 13.6. The lowest BCUT2D eigenvalue weighted by molar-refractivity contribution is 0.102. The Kier molecular flexibility index (Phi) is 6.50. The third-order valence-electron chi connectivity index (χ3n) is 4.37. The number of rotatable bonds is 7. The molecule has 1 amide bonds. The second kappa shape index (κ2) is 9.24. The van der Waals surface area contributed by atoms with E-state index in [2.05, 4.69) is 46.5 Å². The molecule has 144 valence electrons. The van der Waals surface area contributed by atoms with E-state index in [4.69, 9.17) is 11.6 Å². The zero-order valence-electron chi connectivity index (χ0n) is 15.9. The summed E-state index contributed by atoms with van der Waals surface area (Å²) >= 11 is 5.96. The molecule has 3 rings (SSSR count). The minimum absolute atomic E-state index is 0.240. The lowest BCUT2D eigenvalue weighted by Gasteiger charge is -2.21. The molecule has 0 atom stereocenters. The van der Waals surface area contributed by atoms with Crippen LogP contribution in [0.15, 0.2) is 67.0 Å². The van der Waals surface area contributed by atoms with Crippen molar-refractivity contribution >= 4 is 40.3 Å². The quantitative estimate of drug-likeness (QED) is 0.549. The van der Waals surface area contributed by atoms with E-state index in [0.29, 0.717) is 16.3 Å². The Morgan fingerprint density at radius 2 is 1.71 bits per heavy atom. The van der Waals surface area contributed by atoms with Gasteiger partial charge in [-0.05, 0) is 62.4 Å². The molecule has 0 aliphatic heterocycles. The number of aromatic nitrogens is 1. The molecule has 0 saturated heterocycles. The van der Waals surface area contributed by atoms with Gasteiger partial charge in [0.25, 0.3) is 5.91 Å². The molecule has 0 aliphatic rings. The average molecular weight is 395 g/mol. The molecular weight excluding hydrogens is 372 g/mol. The van der Waals surface area contributed by atoms with Crippen LogP contribution in [0.2, 0.25) is 5.02 Å². The van der Waals surface area contributed by atoms with Crippen molar-refractivity contribution in [3.63, 3.8) is 0 Å². The van der Waals surface area contributed by atoms with Gasteiger partial charge in [0.15, 0.2) is 0 Å². The summed E-state index contributed by atoms with van der Waals surface area (Å²) < 4.78 is 0. The van der Waals surface area contributed by atoms with Gasteiger partial charge in [-0.15, -0.1) is 0 Å². The van der Waals surface area contributed by atoms with Crippen LogP contribution in [-0.4, -0.2) is 24.0 Å².